The van der Waals surface area contributed by atoms with E-state index in [0.29, 0.717) is 32.1 Å². The van der Waals surface area contributed by atoms with Crippen LogP contribution in [0.25, 0.3) is 0 Å². The van der Waals surface area contributed by atoms with E-state index in [-0.39, 0.29) is 5.78 Å². The average molecular weight is 482 g/mol. The van der Waals surface area contributed by atoms with Crippen LogP contribution >= 0.6 is 50.1 Å². The lowest BCUT2D eigenvalue weighted by Crippen LogP contribution is -2.04. The number of rotatable bonds is 4. The molecule has 0 unspecified atom stereocenters. The predicted molar refractivity (Wildman–Crippen MR) is 94.8 cm³/mol. The van der Waals surface area contributed by atoms with Crippen molar-refractivity contribution >= 4 is 55.9 Å². The highest BCUT2D eigenvalue weighted by Gasteiger charge is 2.17. The van der Waals surface area contributed by atoms with Gasteiger partial charge in [0, 0.05) is 19.2 Å². The van der Waals surface area contributed by atoms with E-state index < -0.39 is 0 Å². The van der Waals surface area contributed by atoms with Gasteiger partial charge in [-0.3, -0.25) is 4.79 Å². The highest BCUT2D eigenvalue weighted by atomic mass is 127. The lowest BCUT2D eigenvalue weighted by Gasteiger charge is -2.11. The van der Waals surface area contributed by atoms with Crippen LogP contribution in [0.5, 0.6) is 11.5 Å². The van der Waals surface area contributed by atoms with Gasteiger partial charge in [-0.25, -0.2) is 0 Å². The molecule has 0 saturated carbocycles. The molecule has 0 atom stereocenters. The Balaban J connectivity index is 2.50. The molecule has 0 heterocycles. The van der Waals surface area contributed by atoms with E-state index in [2.05, 4.69) is 38.5 Å². The highest BCUT2D eigenvalue weighted by Crippen LogP contribution is 2.34. The standard InChI is InChI=1S/C15H11BrClIO3/c1-20-13-6-9(10(16)7-14(13)21-2)15(19)8-3-4-12(18)11(17)5-8/h3-7H,1-2H3. The number of benzene rings is 2. The lowest BCUT2D eigenvalue weighted by molar-refractivity contribution is 0.103. The van der Waals surface area contributed by atoms with Crippen LogP contribution in [0.3, 0.4) is 0 Å². The van der Waals surface area contributed by atoms with Crippen LogP contribution < -0.4 is 9.47 Å². The minimum Gasteiger partial charge on any atom is -0.493 e. The van der Waals surface area contributed by atoms with Crippen LogP contribution in [0.2, 0.25) is 5.02 Å². The molecule has 0 aliphatic carbocycles. The van der Waals surface area contributed by atoms with E-state index >= 15 is 0 Å². The van der Waals surface area contributed by atoms with E-state index in [9.17, 15) is 4.79 Å². The Morgan fingerprint density at radius 3 is 2.33 bits per heavy atom. The van der Waals surface area contributed by atoms with Gasteiger partial charge < -0.3 is 9.47 Å². The van der Waals surface area contributed by atoms with Gasteiger partial charge in [-0.15, -0.1) is 0 Å². The Morgan fingerprint density at radius 1 is 1.14 bits per heavy atom. The minimum atomic E-state index is -0.138. The van der Waals surface area contributed by atoms with Crippen molar-refractivity contribution in [3.63, 3.8) is 0 Å². The second-order valence-corrected chi connectivity index (χ2v) is 6.57. The first-order chi connectivity index (χ1) is 9.97. The van der Waals surface area contributed by atoms with Crippen LogP contribution in [-0.2, 0) is 0 Å². The summed E-state index contributed by atoms with van der Waals surface area (Å²) in [5, 5.41) is 0.554. The van der Waals surface area contributed by atoms with Crippen molar-refractivity contribution in [1.29, 1.82) is 0 Å². The fraction of sp³-hybridized carbons (Fsp3) is 0.133. The quantitative estimate of drug-likeness (QED) is 0.458. The largest absolute Gasteiger partial charge is 0.493 e. The fourth-order valence-corrected chi connectivity index (χ4v) is 2.84. The normalized spacial score (nSPS) is 10.3. The zero-order chi connectivity index (χ0) is 15.6. The van der Waals surface area contributed by atoms with E-state index in [1.54, 1.807) is 31.4 Å². The molecule has 6 heteroatoms. The highest BCUT2D eigenvalue weighted by molar-refractivity contribution is 14.1. The first-order valence-corrected chi connectivity index (χ1v) is 8.14. The predicted octanol–water partition coefficient (Wildman–Crippen LogP) is 4.96. The van der Waals surface area contributed by atoms with Gasteiger partial charge in [0.2, 0.25) is 0 Å². The number of methoxy groups -OCH3 is 2. The molecule has 2 aromatic rings. The fourth-order valence-electron chi connectivity index (χ4n) is 1.82. The molecule has 0 saturated heterocycles. The van der Waals surface area contributed by atoms with Gasteiger partial charge in [-0.1, -0.05) is 11.6 Å². The lowest BCUT2D eigenvalue weighted by atomic mass is 10.0. The number of ether oxygens (including phenoxy) is 2. The Morgan fingerprint density at radius 2 is 1.76 bits per heavy atom. The van der Waals surface area contributed by atoms with Crippen LogP contribution in [0.15, 0.2) is 34.8 Å². The number of carbonyl (C=O) groups is 1. The molecule has 0 aliphatic rings. The first kappa shape index (κ1) is 16.6. The van der Waals surface area contributed by atoms with E-state index in [1.165, 1.54) is 7.11 Å². The van der Waals surface area contributed by atoms with Crippen molar-refractivity contribution in [1.82, 2.24) is 0 Å². The van der Waals surface area contributed by atoms with Crippen molar-refractivity contribution in [2.75, 3.05) is 14.2 Å². The van der Waals surface area contributed by atoms with E-state index in [4.69, 9.17) is 21.1 Å². The van der Waals surface area contributed by atoms with Gasteiger partial charge in [-0.05, 0) is 68.9 Å². The molecule has 0 N–H and O–H groups in total. The molecule has 0 aliphatic heterocycles. The Bertz CT molecular complexity index is 704. The van der Waals surface area contributed by atoms with Gasteiger partial charge in [0.1, 0.15) is 0 Å². The van der Waals surface area contributed by atoms with E-state index in [1.807, 2.05) is 6.07 Å². The summed E-state index contributed by atoms with van der Waals surface area (Å²) in [4.78, 5) is 12.6. The van der Waals surface area contributed by atoms with Crippen molar-refractivity contribution < 1.29 is 14.3 Å². The number of halogens is 3. The second-order valence-electron chi connectivity index (χ2n) is 4.15. The maximum Gasteiger partial charge on any atom is 0.194 e. The molecule has 2 aromatic carbocycles. The van der Waals surface area contributed by atoms with Crippen molar-refractivity contribution in [2.45, 2.75) is 0 Å². The number of hydrogen-bond acceptors (Lipinski definition) is 3. The summed E-state index contributed by atoms with van der Waals surface area (Å²) >= 11 is 11.6. The first-order valence-electron chi connectivity index (χ1n) is 5.89. The monoisotopic (exact) mass is 480 g/mol. The second kappa shape index (κ2) is 6.98. The van der Waals surface area contributed by atoms with Gasteiger partial charge in [0.05, 0.1) is 19.2 Å². The molecule has 21 heavy (non-hydrogen) atoms. The third-order valence-corrected chi connectivity index (χ3v) is 5.13. The molecular weight excluding hydrogens is 470 g/mol. The number of ketones is 1. The summed E-state index contributed by atoms with van der Waals surface area (Å²) < 4.78 is 12.0. The SMILES string of the molecule is COc1cc(Br)c(C(=O)c2ccc(I)c(Cl)c2)cc1OC. The molecule has 110 valence electrons. The number of hydrogen-bond donors (Lipinski definition) is 0. The van der Waals surface area contributed by atoms with Crippen molar-refractivity contribution in [2.24, 2.45) is 0 Å². The zero-order valence-electron chi connectivity index (χ0n) is 11.2. The van der Waals surface area contributed by atoms with Crippen LogP contribution in [0.1, 0.15) is 15.9 Å². The molecule has 0 aromatic heterocycles. The molecule has 0 radical (unpaired) electrons. The molecular formula is C15H11BrClIO3. The summed E-state index contributed by atoms with van der Waals surface area (Å²) in [5.74, 6) is 0.920. The summed E-state index contributed by atoms with van der Waals surface area (Å²) in [6.07, 6.45) is 0. The third-order valence-electron chi connectivity index (χ3n) is 2.90. The van der Waals surface area contributed by atoms with Crippen LogP contribution in [0, 0.1) is 3.57 Å². The Hall–Kier alpha value is -0.790. The average Bonchev–Trinajstić information content (AvgIpc) is 2.49. The topological polar surface area (TPSA) is 35.5 Å². The summed E-state index contributed by atoms with van der Waals surface area (Å²) in [7, 11) is 3.08. The third kappa shape index (κ3) is 3.52. The van der Waals surface area contributed by atoms with Gasteiger partial charge in [0.25, 0.3) is 0 Å². The maximum atomic E-state index is 12.6. The Kier molecular flexibility index (Phi) is 5.51. The van der Waals surface area contributed by atoms with Gasteiger partial charge in [-0.2, -0.15) is 0 Å². The molecule has 0 amide bonds. The van der Waals surface area contributed by atoms with Gasteiger partial charge >= 0.3 is 0 Å². The van der Waals surface area contributed by atoms with E-state index in [0.717, 1.165) is 3.57 Å². The molecule has 0 spiro atoms. The minimum absolute atomic E-state index is 0.138. The maximum absolute atomic E-state index is 12.6. The molecule has 3 nitrogen and oxygen atoms in total. The van der Waals surface area contributed by atoms with Gasteiger partial charge in [0.15, 0.2) is 17.3 Å². The van der Waals surface area contributed by atoms with Crippen molar-refractivity contribution in [3.8, 4) is 11.5 Å². The number of carbonyl (C=O) groups excluding carboxylic acids is 1. The molecule has 0 bridgehead atoms. The smallest absolute Gasteiger partial charge is 0.194 e. The summed E-state index contributed by atoms with van der Waals surface area (Å²) in [5.41, 5.74) is 1.01. The zero-order valence-corrected chi connectivity index (χ0v) is 15.7. The molecule has 2 rings (SSSR count). The summed E-state index contributed by atoms with van der Waals surface area (Å²) in [6.45, 7) is 0. The summed E-state index contributed by atoms with van der Waals surface area (Å²) in [6, 6.07) is 8.58. The molecule has 0 fully saturated rings. The van der Waals surface area contributed by atoms with Crippen LogP contribution in [0.4, 0.5) is 0 Å². The Labute approximate surface area is 149 Å². The van der Waals surface area contributed by atoms with Crippen LogP contribution in [-0.4, -0.2) is 20.0 Å². The van der Waals surface area contributed by atoms with Crippen molar-refractivity contribution in [3.05, 3.63) is 54.5 Å².